The van der Waals surface area contributed by atoms with Crippen LogP contribution in [0, 0.1) is 0 Å². The fourth-order valence-electron chi connectivity index (χ4n) is 2.13. The minimum atomic E-state index is -0.336. The summed E-state index contributed by atoms with van der Waals surface area (Å²) in [5.74, 6) is 0.904. The van der Waals surface area contributed by atoms with Crippen LogP contribution in [0.1, 0.15) is 12.7 Å². The lowest BCUT2D eigenvalue weighted by molar-refractivity contribution is -0.0698. The fourth-order valence-corrected chi connectivity index (χ4v) is 2.13. The van der Waals surface area contributed by atoms with Gasteiger partial charge in [-0.2, -0.15) is 0 Å². The minimum Gasteiger partial charge on any atom is -0.458 e. The molecule has 1 aliphatic rings. The van der Waals surface area contributed by atoms with Crippen molar-refractivity contribution < 1.29 is 9.15 Å². The number of hydrogen-bond acceptors (Lipinski definition) is 3. The van der Waals surface area contributed by atoms with E-state index in [1.165, 1.54) is 0 Å². The highest BCUT2D eigenvalue weighted by Gasteiger charge is 2.33. The first-order valence-electron chi connectivity index (χ1n) is 5.62. The van der Waals surface area contributed by atoms with E-state index in [4.69, 9.17) is 9.15 Å². The molecule has 3 heteroatoms. The molecular formula is C13H15NO2. The molecule has 2 heterocycles. The van der Waals surface area contributed by atoms with Crippen LogP contribution in [-0.2, 0) is 10.3 Å². The van der Waals surface area contributed by atoms with Gasteiger partial charge in [-0.1, -0.05) is 18.2 Å². The molecule has 0 radical (unpaired) electrons. The minimum absolute atomic E-state index is 0.336. The lowest BCUT2D eigenvalue weighted by Gasteiger charge is -2.32. The van der Waals surface area contributed by atoms with Crippen LogP contribution in [0.3, 0.4) is 0 Å². The van der Waals surface area contributed by atoms with E-state index in [1.807, 2.05) is 18.2 Å². The van der Waals surface area contributed by atoms with Crippen molar-refractivity contribution >= 4 is 11.0 Å². The van der Waals surface area contributed by atoms with E-state index in [9.17, 15) is 0 Å². The van der Waals surface area contributed by atoms with Gasteiger partial charge in [-0.3, -0.25) is 0 Å². The summed E-state index contributed by atoms with van der Waals surface area (Å²) < 4.78 is 11.7. The maximum Gasteiger partial charge on any atom is 0.138 e. The van der Waals surface area contributed by atoms with Gasteiger partial charge in [0, 0.05) is 18.5 Å². The Morgan fingerprint density at radius 3 is 2.94 bits per heavy atom. The Morgan fingerprint density at radius 2 is 2.19 bits per heavy atom. The molecular weight excluding hydrogens is 202 g/mol. The first-order valence-corrected chi connectivity index (χ1v) is 5.62. The van der Waals surface area contributed by atoms with Crippen LogP contribution in [0.4, 0.5) is 0 Å². The topological polar surface area (TPSA) is 34.4 Å². The lowest BCUT2D eigenvalue weighted by Crippen LogP contribution is -2.45. The highest BCUT2D eigenvalue weighted by atomic mass is 16.5. The molecule has 1 aromatic heterocycles. The third-order valence-corrected chi connectivity index (χ3v) is 3.11. The molecule has 0 saturated carbocycles. The standard InChI is InChI=1S/C13H15NO2/c1-13(9-14-6-7-15-13)12-8-10-4-2-3-5-11(10)16-12/h2-5,8,14H,6-7,9H2,1H3. The molecule has 1 fully saturated rings. The Hall–Kier alpha value is -1.32. The number of morpholine rings is 1. The first kappa shape index (κ1) is 9.87. The van der Waals surface area contributed by atoms with E-state index in [-0.39, 0.29) is 5.60 Å². The summed E-state index contributed by atoms with van der Waals surface area (Å²) in [4.78, 5) is 0. The molecule has 1 unspecified atom stereocenters. The van der Waals surface area contributed by atoms with Crippen LogP contribution in [0.2, 0.25) is 0 Å². The highest BCUT2D eigenvalue weighted by molar-refractivity contribution is 5.77. The fraction of sp³-hybridized carbons (Fsp3) is 0.385. The highest BCUT2D eigenvalue weighted by Crippen LogP contribution is 2.31. The maximum atomic E-state index is 5.85. The van der Waals surface area contributed by atoms with E-state index in [2.05, 4.69) is 24.4 Å². The second-order valence-corrected chi connectivity index (χ2v) is 4.40. The molecule has 1 aromatic carbocycles. The Bertz CT molecular complexity index is 464. The van der Waals surface area contributed by atoms with Gasteiger partial charge in [0.15, 0.2) is 0 Å². The Balaban J connectivity index is 2.04. The average Bonchev–Trinajstić information content (AvgIpc) is 2.74. The van der Waals surface area contributed by atoms with Crippen LogP contribution in [0.25, 0.3) is 11.0 Å². The molecule has 3 nitrogen and oxygen atoms in total. The molecule has 84 valence electrons. The Morgan fingerprint density at radius 1 is 1.31 bits per heavy atom. The summed E-state index contributed by atoms with van der Waals surface area (Å²) in [7, 11) is 0. The van der Waals surface area contributed by atoms with E-state index in [0.717, 1.165) is 36.4 Å². The first-order chi connectivity index (χ1) is 7.78. The number of benzene rings is 1. The average molecular weight is 217 g/mol. The number of nitrogens with one attached hydrogen (secondary N) is 1. The number of ether oxygens (including phenoxy) is 1. The molecule has 0 amide bonds. The summed E-state index contributed by atoms with van der Waals surface area (Å²) in [6, 6.07) is 10.1. The molecule has 16 heavy (non-hydrogen) atoms. The van der Waals surface area contributed by atoms with Crippen molar-refractivity contribution in [3.8, 4) is 0 Å². The van der Waals surface area contributed by atoms with Crippen molar-refractivity contribution in [2.75, 3.05) is 19.7 Å². The van der Waals surface area contributed by atoms with Gasteiger partial charge in [0.2, 0.25) is 0 Å². The molecule has 1 saturated heterocycles. The zero-order chi connectivity index (χ0) is 11.0. The Kier molecular flexibility index (Phi) is 2.23. The number of furan rings is 1. The van der Waals surface area contributed by atoms with Gasteiger partial charge >= 0.3 is 0 Å². The SMILES string of the molecule is CC1(c2cc3ccccc3o2)CNCCO1. The van der Waals surface area contributed by atoms with Crippen molar-refractivity contribution in [3.63, 3.8) is 0 Å². The zero-order valence-electron chi connectivity index (χ0n) is 9.32. The van der Waals surface area contributed by atoms with Crippen LogP contribution in [0.15, 0.2) is 34.7 Å². The van der Waals surface area contributed by atoms with Gasteiger partial charge in [0.25, 0.3) is 0 Å². The van der Waals surface area contributed by atoms with Gasteiger partial charge in [-0.25, -0.2) is 0 Å². The van der Waals surface area contributed by atoms with E-state index in [1.54, 1.807) is 0 Å². The van der Waals surface area contributed by atoms with E-state index < -0.39 is 0 Å². The predicted molar refractivity (Wildman–Crippen MR) is 62.4 cm³/mol. The van der Waals surface area contributed by atoms with Crippen molar-refractivity contribution in [3.05, 3.63) is 36.1 Å². The van der Waals surface area contributed by atoms with E-state index in [0.29, 0.717) is 0 Å². The van der Waals surface area contributed by atoms with Crippen LogP contribution in [0.5, 0.6) is 0 Å². The molecule has 2 aromatic rings. The third-order valence-electron chi connectivity index (χ3n) is 3.11. The maximum absolute atomic E-state index is 5.85. The van der Waals surface area contributed by atoms with Crippen molar-refractivity contribution in [1.82, 2.24) is 5.32 Å². The van der Waals surface area contributed by atoms with Crippen molar-refractivity contribution in [2.24, 2.45) is 0 Å². The second-order valence-electron chi connectivity index (χ2n) is 4.40. The summed E-state index contributed by atoms with van der Waals surface area (Å²) in [5, 5.41) is 4.47. The van der Waals surface area contributed by atoms with Crippen molar-refractivity contribution in [2.45, 2.75) is 12.5 Å². The lowest BCUT2D eigenvalue weighted by atomic mass is 10.0. The number of fused-ring (bicyclic) bond motifs is 1. The normalized spacial score (nSPS) is 26.1. The molecule has 0 aliphatic carbocycles. The molecule has 3 rings (SSSR count). The van der Waals surface area contributed by atoms with Crippen molar-refractivity contribution in [1.29, 1.82) is 0 Å². The largest absolute Gasteiger partial charge is 0.458 e. The van der Waals surface area contributed by atoms with Gasteiger partial charge in [0.1, 0.15) is 16.9 Å². The number of rotatable bonds is 1. The molecule has 0 spiro atoms. The molecule has 0 bridgehead atoms. The molecule has 1 atom stereocenters. The Labute approximate surface area is 94.4 Å². The number of para-hydroxylation sites is 1. The second kappa shape index (κ2) is 3.61. The van der Waals surface area contributed by atoms with Crippen LogP contribution >= 0.6 is 0 Å². The molecule has 1 N–H and O–H groups in total. The smallest absolute Gasteiger partial charge is 0.138 e. The van der Waals surface area contributed by atoms with Crippen LogP contribution in [-0.4, -0.2) is 19.7 Å². The zero-order valence-corrected chi connectivity index (χ0v) is 9.32. The summed E-state index contributed by atoms with van der Waals surface area (Å²) >= 11 is 0. The van der Waals surface area contributed by atoms with Gasteiger partial charge in [-0.05, 0) is 19.1 Å². The van der Waals surface area contributed by atoms with Crippen LogP contribution < -0.4 is 5.32 Å². The monoisotopic (exact) mass is 217 g/mol. The summed E-state index contributed by atoms with van der Waals surface area (Å²) in [5.41, 5.74) is 0.588. The summed E-state index contributed by atoms with van der Waals surface area (Å²) in [6.07, 6.45) is 0. The molecule has 1 aliphatic heterocycles. The predicted octanol–water partition coefficient (Wildman–Crippen LogP) is 2.27. The van der Waals surface area contributed by atoms with Gasteiger partial charge in [0.05, 0.1) is 6.61 Å². The van der Waals surface area contributed by atoms with Gasteiger partial charge < -0.3 is 14.5 Å². The number of hydrogen-bond donors (Lipinski definition) is 1. The van der Waals surface area contributed by atoms with Gasteiger partial charge in [-0.15, -0.1) is 0 Å². The van der Waals surface area contributed by atoms with E-state index >= 15 is 0 Å². The quantitative estimate of drug-likeness (QED) is 0.795. The third kappa shape index (κ3) is 1.52. The summed E-state index contributed by atoms with van der Waals surface area (Å²) in [6.45, 7) is 4.51.